The van der Waals surface area contributed by atoms with Gasteiger partial charge in [-0.2, -0.15) is 0 Å². The van der Waals surface area contributed by atoms with Crippen molar-refractivity contribution >= 4 is 48.7 Å². The highest BCUT2D eigenvalue weighted by Crippen LogP contribution is 2.29. The zero-order chi connectivity index (χ0) is 25.1. The number of rotatable bonds is 6. The van der Waals surface area contributed by atoms with Crippen LogP contribution in [0.5, 0.6) is 5.75 Å². The molecule has 5 rings (SSSR count). The van der Waals surface area contributed by atoms with Gasteiger partial charge in [-0.05, 0) is 90.6 Å². The van der Waals surface area contributed by atoms with Crippen LogP contribution >= 0.6 is 31.9 Å². The molecule has 3 heterocycles. The van der Waals surface area contributed by atoms with Gasteiger partial charge < -0.3 is 19.8 Å². The van der Waals surface area contributed by atoms with E-state index < -0.39 is 5.63 Å². The molecule has 0 spiro atoms. The monoisotopic (exact) mass is 617 g/mol. The quantitative estimate of drug-likeness (QED) is 0.385. The Kier molecular flexibility index (Phi) is 8.10. The number of benzene rings is 2. The summed E-state index contributed by atoms with van der Waals surface area (Å²) in [6, 6.07) is 13.4. The largest absolute Gasteiger partial charge is 0.489 e. The molecule has 9 heteroatoms. The Labute approximate surface area is 226 Å². The molecule has 7 nitrogen and oxygen atoms in total. The molecule has 36 heavy (non-hydrogen) atoms. The smallest absolute Gasteiger partial charge is 0.349 e. The lowest BCUT2D eigenvalue weighted by Gasteiger charge is -2.32. The molecule has 0 saturated carbocycles. The van der Waals surface area contributed by atoms with E-state index in [1.165, 1.54) is 5.56 Å². The van der Waals surface area contributed by atoms with Crippen LogP contribution < -0.4 is 21.0 Å². The molecule has 0 bridgehead atoms. The Bertz CT molecular complexity index is 1300. The summed E-state index contributed by atoms with van der Waals surface area (Å²) in [4.78, 5) is 27.6. The first-order chi connectivity index (χ1) is 17.4. The van der Waals surface area contributed by atoms with E-state index in [0.29, 0.717) is 5.58 Å². The van der Waals surface area contributed by atoms with Gasteiger partial charge in [0.1, 0.15) is 23.0 Å². The summed E-state index contributed by atoms with van der Waals surface area (Å²) in [6.07, 6.45) is 3.99. The number of nitrogens with one attached hydrogen (secondary N) is 2. The highest BCUT2D eigenvalue weighted by atomic mass is 79.9. The summed E-state index contributed by atoms with van der Waals surface area (Å²) in [6.45, 7) is 4.60. The summed E-state index contributed by atoms with van der Waals surface area (Å²) in [5.41, 5.74) is 1.11. The Morgan fingerprint density at radius 1 is 1.06 bits per heavy atom. The average Bonchev–Trinajstić information content (AvgIpc) is 2.87. The third kappa shape index (κ3) is 6.19. The van der Waals surface area contributed by atoms with E-state index in [-0.39, 0.29) is 23.6 Å². The number of nitrogens with zero attached hydrogens (tertiary/aromatic N) is 1. The number of halogens is 2. The predicted octanol–water partition coefficient (Wildman–Crippen LogP) is 4.84. The number of carbonyl (C=O) groups excluding carboxylic acids is 1. The summed E-state index contributed by atoms with van der Waals surface area (Å²) in [5, 5.41) is 7.11. The Morgan fingerprint density at radius 2 is 1.83 bits per heavy atom. The molecule has 2 aliphatic rings. The van der Waals surface area contributed by atoms with Crippen LogP contribution in [-0.4, -0.2) is 49.1 Å². The number of hydrogen-bond donors (Lipinski definition) is 2. The second-order valence-corrected chi connectivity index (χ2v) is 11.3. The molecule has 2 aliphatic heterocycles. The lowest BCUT2D eigenvalue weighted by atomic mass is 10.0. The van der Waals surface area contributed by atoms with Crippen molar-refractivity contribution in [2.75, 3.05) is 26.2 Å². The molecule has 1 aromatic heterocycles. The van der Waals surface area contributed by atoms with Crippen molar-refractivity contribution in [3.05, 3.63) is 73.0 Å². The first-order valence-corrected chi connectivity index (χ1v) is 14.0. The van der Waals surface area contributed by atoms with E-state index >= 15 is 0 Å². The molecule has 0 atom stereocenters. The van der Waals surface area contributed by atoms with E-state index in [2.05, 4.69) is 65.6 Å². The first kappa shape index (κ1) is 25.4. The summed E-state index contributed by atoms with van der Waals surface area (Å²) in [7, 11) is 0. The van der Waals surface area contributed by atoms with Gasteiger partial charge in [-0.15, -0.1) is 0 Å². The molecule has 0 unspecified atom stereocenters. The molecule has 2 fully saturated rings. The van der Waals surface area contributed by atoms with Crippen LogP contribution in [0.3, 0.4) is 0 Å². The molecule has 0 radical (unpaired) electrons. The number of carbonyl (C=O) groups is 1. The fourth-order valence-electron chi connectivity index (χ4n) is 4.83. The summed E-state index contributed by atoms with van der Waals surface area (Å²) in [5.74, 6) is 0.526. The Hall–Kier alpha value is -2.20. The summed E-state index contributed by atoms with van der Waals surface area (Å²) >= 11 is 7.05. The molecule has 3 aromatic rings. The van der Waals surface area contributed by atoms with Crippen molar-refractivity contribution < 1.29 is 13.9 Å². The average molecular weight is 619 g/mol. The molecule has 0 aliphatic carbocycles. The molecular weight excluding hydrogens is 590 g/mol. The van der Waals surface area contributed by atoms with Gasteiger partial charge in [-0.1, -0.05) is 28.1 Å². The highest BCUT2D eigenvalue weighted by Gasteiger charge is 2.23. The summed E-state index contributed by atoms with van der Waals surface area (Å²) < 4.78 is 13.3. The predicted molar refractivity (Wildman–Crippen MR) is 147 cm³/mol. The van der Waals surface area contributed by atoms with Crippen LogP contribution in [-0.2, 0) is 6.54 Å². The number of fused-ring (bicyclic) bond motifs is 1. The molecule has 190 valence electrons. The van der Waals surface area contributed by atoms with Gasteiger partial charge in [0.2, 0.25) is 0 Å². The number of piperidine rings is 2. The van der Waals surface area contributed by atoms with Crippen LogP contribution in [0.2, 0.25) is 0 Å². The molecule has 2 aromatic carbocycles. The lowest BCUT2D eigenvalue weighted by Crippen LogP contribution is -2.45. The van der Waals surface area contributed by atoms with Crippen LogP contribution in [0, 0.1) is 0 Å². The molecule has 2 N–H and O–H groups in total. The Balaban J connectivity index is 1.13. The second-order valence-electron chi connectivity index (χ2n) is 9.49. The van der Waals surface area contributed by atoms with Crippen molar-refractivity contribution in [3.8, 4) is 5.75 Å². The number of hydrogen-bond acceptors (Lipinski definition) is 6. The zero-order valence-electron chi connectivity index (χ0n) is 19.9. The standard InChI is InChI=1S/C27H29Br2N3O4/c28-19-3-2-18-14-22(27(34)36-25(18)15-19)26(33)31-20-7-11-32(12-8-20)16-17-1-4-24(23(29)13-17)35-21-5-9-30-10-6-21/h1-4,13-15,20-21,30H,5-12,16H2,(H,31,33). The van der Waals surface area contributed by atoms with Gasteiger partial charge in [0.25, 0.3) is 5.91 Å². The molecule has 2 saturated heterocycles. The van der Waals surface area contributed by atoms with Crippen LogP contribution in [0.4, 0.5) is 0 Å². The fourth-order valence-corrected chi connectivity index (χ4v) is 5.69. The van der Waals surface area contributed by atoms with Crippen molar-refractivity contribution in [3.63, 3.8) is 0 Å². The first-order valence-electron chi connectivity index (χ1n) is 12.4. The van der Waals surface area contributed by atoms with Gasteiger partial charge in [0, 0.05) is 35.5 Å². The van der Waals surface area contributed by atoms with Crippen LogP contribution in [0.15, 0.2) is 60.6 Å². The SMILES string of the molecule is O=C(NC1CCN(Cc2ccc(OC3CCNCC3)c(Br)c2)CC1)c1cc2ccc(Br)cc2oc1=O. The lowest BCUT2D eigenvalue weighted by molar-refractivity contribution is 0.0905. The maximum absolute atomic E-state index is 12.8. The number of amides is 1. The van der Waals surface area contributed by atoms with Crippen molar-refractivity contribution in [2.45, 2.75) is 44.4 Å². The van der Waals surface area contributed by atoms with E-state index in [1.807, 2.05) is 12.1 Å². The van der Waals surface area contributed by atoms with Crippen molar-refractivity contribution in [2.24, 2.45) is 0 Å². The van der Waals surface area contributed by atoms with Crippen molar-refractivity contribution in [1.29, 1.82) is 0 Å². The van der Waals surface area contributed by atoms with Gasteiger partial charge in [-0.3, -0.25) is 9.69 Å². The minimum atomic E-state index is -0.617. The van der Waals surface area contributed by atoms with E-state index in [1.54, 1.807) is 12.1 Å². The topological polar surface area (TPSA) is 83.8 Å². The van der Waals surface area contributed by atoms with E-state index in [4.69, 9.17) is 9.15 Å². The second kappa shape index (κ2) is 11.5. The molecule has 1 amide bonds. The van der Waals surface area contributed by atoms with Gasteiger partial charge in [0.05, 0.1) is 4.47 Å². The van der Waals surface area contributed by atoms with E-state index in [0.717, 1.165) is 78.5 Å². The number of likely N-dealkylation sites (tertiary alicyclic amines) is 1. The Morgan fingerprint density at radius 3 is 2.58 bits per heavy atom. The number of ether oxygens (including phenoxy) is 1. The van der Waals surface area contributed by atoms with Gasteiger partial charge in [-0.25, -0.2) is 4.79 Å². The normalized spacial score (nSPS) is 17.8. The fraction of sp³-hybridized carbons (Fsp3) is 0.407. The minimum Gasteiger partial charge on any atom is -0.489 e. The minimum absolute atomic E-state index is 0.0289. The highest BCUT2D eigenvalue weighted by molar-refractivity contribution is 9.10. The van der Waals surface area contributed by atoms with E-state index in [9.17, 15) is 9.59 Å². The maximum atomic E-state index is 12.8. The van der Waals surface area contributed by atoms with Gasteiger partial charge >= 0.3 is 5.63 Å². The van der Waals surface area contributed by atoms with Crippen LogP contribution in [0.1, 0.15) is 41.6 Å². The third-order valence-corrected chi connectivity index (χ3v) is 7.96. The van der Waals surface area contributed by atoms with Crippen molar-refractivity contribution in [1.82, 2.24) is 15.5 Å². The van der Waals surface area contributed by atoms with Gasteiger partial charge in [0.15, 0.2) is 0 Å². The third-order valence-electron chi connectivity index (χ3n) is 6.85. The maximum Gasteiger partial charge on any atom is 0.349 e. The molecular formula is C27H29Br2N3O4. The van der Waals surface area contributed by atoms with Crippen LogP contribution in [0.25, 0.3) is 11.0 Å². The zero-order valence-corrected chi connectivity index (χ0v) is 23.1.